The largest absolute Gasteiger partial charge is 0.380 e. The summed E-state index contributed by atoms with van der Waals surface area (Å²) in [6, 6.07) is 0. The van der Waals surface area contributed by atoms with Gasteiger partial charge >= 0.3 is 0 Å². The number of nitrogens with zero attached hydrogens (tertiary/aromatic N) is 1. The lowest BCUT2D eigenvalue weighted by molar-refractivity contribution is -0.507. The lowest BCUT2D eigenvalue weighted by atomic mass is 9.83. The van der Waals surface area contributed by atoms with Crippen molar-refractivity contribution in [3.63, 3.8) is 0 Å². The topological polar surface area (TPSA) is 69.4 Å². The quantitative estimate of drug-likeness (QED) is 0.325. The van der Waals surface area contributed by atoms with Gasteiger partial charge in [-0.15, -0.1) is 0 Å². The second-order valence-corrected chi connectivity index (χ2v) is 2.85. The van der Waals surface area contributed by atoms with Crippen molar-refractivity contribution < 1.29 is 14.5 Å². The van der Waals surface area contributed by atoms with E-state index in [-0.39, 0.29) is 13.0 Å². The second-order valence-electron chi connectivity index (χ2n) is 2.85. The lowest BCUT2D eigenvalue weighted by Crippen LogP contribution is -2.47. The van der Waals surface area contributed by atoms with E-state index in [4.69, 9.17) is 4.74 Å². The van der Waals surface area contributed by atoms with Crippen LogP contribution in [0.2, 0.25) is 0 Å². The summed E-state index contributed by atoms with van der Waals surface area (Å²) in [5.41, 5.74) is -0.495. The minimum atomic E-state index is -0.495. The van der Waals surface area contributed by atoms with E-state index in [1.165, 1.54) is 0 Å². The number of hydrogen-bond donors (Lipinski definition) is 0. The van der Waals surface area contributed by atoms with Crippen molar-refractivity contribution >= 4 is 6.29 Å². The first-order chi connectivity index (χ1) is 5.18. The third kappa shape index (κ3) is 1.74. The van der Waals surface area contributed by atoms with E-state index in [2.05, 4.69) is 0 Å². The van der Waals surface area contributed by atoms with Crippen molar-refractivity contribution in [1.29, 1.82) is 0 Å². The first-order valence-corrected chi connectivity index (χ1v) is 3.32. The molecule has 1 rings (SSSR count). The number of aldehydes is 1. The van der Waals surface area contributed by atoms with Crippen molar-refractivity contribution in [2.45, 2.75) is 6.42 Å². The number of hydrogen-bond acceptors (Lipinski definition) is 4. The lowest BCUT2D eigenvalue weighted by Gasteiger charge is -2.36. The summed E-state index contributed by atoms with van der Waals surface area (Å²) in [7, 11) is 0. The molecule has 0 aromatic rings. The van der Waals surface area contributed by atoms with E-state index < -0.39 is 10.3 Å². The maximum absolute atomic E-state index is 10.1. The predicted molar refractivity (Wildman–Crippen MR) is 35.8 cm³/mol. The van der Waals surface area contributed by atoms with E-state index in [9.17, 15) is 14.9 Å². The molecule has 5 nitrogen and oxygen atoms in total. The van der Waals surface area contributed by atoms with Crippen LogP contribution in [-0.4, -0.2) is 31.0 Å². The maximum atomic E-state index is 10.1. The van der Waals surface area contributed by atoms with Crippen LogP contribution in [-0.2, 0) is 9.53 Å². The van der Waals surface area contributed by atoms with Crippen molar-refractivity contribution in [1.82, 2.24) is 0 Å². The average molecular weight is 159 g/mol. The Kier molecular flexibility index (Phi) is 2.19. The molecule has 0 radical (unpaired) electrons. The highest BCUT2D eigenvalue weighted by Gasteiger charge is 2.43. The molecule has 0 bridgehead atoms. The summed E-state index contributed by atoms with van der Waals surface area (Å²) >= 11 is 0. The molecule has 1 aliphatic rings. The van der Waals surface area contributed by atoms with E-state index in [0.29, 0.717) is 19.5 Å². The van der Waals surface area contributed by atoms with Gasteiger partial charge in [-0.2, -0.15) is 0 Å². The predicted octanol–water partition coefficient (Wildman–Crippen LogP) is -0.131. The summed E-state index contributed by atoms with van der Waals surface area (Å²) in [5.74, 6) is 0. The van der Waals surface area contributed by atoms with Crippen LogP contribution in [0.15, 0.2) is 0 Å². The summed E-state index contributed by atoms with van der Waals surface area (Å²) in [4.78, 5) is 19.8. The van der Waals surface area contributed by atoms with Gasteiger partial charge < -0.3 is 9.53 Å². The third-order valence-electron chi connectivity index (χ3n) is 1.80. The maximum Gasteiger partial charge on any atom is 0.214 e. The van der Waals surface area contributed by atoms with E-state index >= 15 is 0 Å². The Hall–Kier alpha value is -0.970. The fourth-order valence-electron chi connectivity index (χ4n) is 1.12. The van der Waals surface area contributed by atoms with Crippen LogP contribution in [0, 0.1) is 15.5 Å². The number of carbonyl (C=O) groups is 1. The van der Waals surface area contributed by atoms with Crippen molar-refractivity contribution in [2.75, 3.05) is 19.8 Å². The average Bonchev–Trinajstić information content (AvgIpc) is 1.82. The van der Waals surface area contributed by atoms with Gasteiger partial charge in [-0.25, -0.2) is 0 Å². The minimum absolute atomic E-state index is 0.161. The molecular formula is C6H9NO4. The van der Waals surface area contributed by atoms with Crippen LogP contribution in [0.25, 0.3) is 0 Å². The van der Waals surface area contributed by atoms with E-state index in [1.54, 1.807) is 0 Å². The van der Waals surface area contributed by atoms with Gasteiger partial charge in [0.1, 0.15) is 6.29 Å². The molecule has 0 unspecified atom stereocenters. The van der Waals surface area contributed by atoms with E-state index in [1.807, 2.05) is 0 Å². The van der Waals surface area contributed by atoms with Crippen molar-refractivity contribution in [2.24, 2.45) is 5.41 Å². The fraction of sp³-hybridized carbons (Fsp3) is 0.833. The molecular weight excluding hydrogens is 150 g/mol. The zero-order chi connectivity index (χ0) is 8.32. The third-order valence-corrected chi connectivity index (χ3v) is 1.80. The summed E-state index contributed by atoms with van der Waals surface area (Å²) < 4.78 is 4.83. The van der Waals surface area contributed by atoms with E-state index in [0.717, 1.165) is 0 Å². The molecule has 0 saturated carbocycles. The first-order valence-electron chi connectivity index (χ1n) is 3.32. The summed E-state index contributed by atoms with van der Waals surface area (Å²) in [5, 5.41) is 10.1. The molecule has 0 spiro atoms. The molecule has 1 fully saturated rings. The highest BCUT2D eigenvalue weighted by atomic mass is 16.6. The second kappa shape index (κ2) is 2.96. The van der Waals surface area contributed by atoms with Gasteiger partial charge in [0.15, 0.2) is 0 Å². The molecule has 1 saturated heterocycles. The molecule has 0 aromatic heterocycles. The van der Waals surface area contributed by atoms with Crippen molar-refractivity contribution in [3.8, 4) is 0 Å². The standard InChI is InChI=1S/C6H9NO4/c8-2-1-6(3-7(9)10)4-11-5-6/h2H,1,3-5H2. The Bertz CT molecular complexity index is 175. The molecule has 0 aliphatic carbocycles. The van der Waals surface area contributed by atoms with Crippen LogP contribution < -0.4 is 0 Å². The number of carbonyl (C=O) groups excluding carboxylic acids is 1. The van der Waals surface area contributed by atoms with Crippen LogP contribution in [0.4, 0.5) is 0 Å². The normalized spacial score (nSPS) is 20.4. The highest BCUT2D eigenvalue weighted by Crippen LogP contribution is 2.30. The Morgan fingerprint density at radius 2 is 2.27 bits per heavy atom. The molecule has 1 heterocycles. The van der Waals surface area contributed by atoms with Gasteiger partial charge in [0.25, 0.3) is 0 Å². The smallest absolute Gasteiger partial charge is 0.214 e. The van der Waals surface area contributed by atoms with Gasteiger partial charge in [0.2, 0.25) is 6.54 Å². The number of nitro groups is 1. The molecule has 0 aromatic carbocycles. The first kappa shape index (κ1) is 8.13. The molecule has 0 atom stereocenters. The van der Waals surface area contributed by atoms with Gasteiger partial charge in [0, 0.05) is 11.3 Å². The molecule has 62 valence electrons. The van der Waals surface area contributed by atoms with Gasteiger partial charge in [-0.1, -0.05) is 0 Å². The van der Waals surface area contributed by atoms with Gasteiger partial charge in [-0.05, 0) is 0 Å². The Morgan fingerprint density at radius 1 is 1.64 bits per heavy atom. The molecule has 0 N–H and O–H groups in total. The molecule has 11 heavy (non-hydrogen) atoms. The number of ether oxygens (including phenoxy) is 1. The van der Waals surface area contributed by atoms with Gasteiger partial charge in [-0.3, -0.25) is 10.1 Å². The van der Waals surface area contributed by atoms with Crippen LogP contribution >= 0.6 is 0 Å². The van der Waals surface area contributed by atoms with Crippen LogP contribution in [0.5, 0.6) is 0 Å². The monoisotopic (exact) mass is 159 g/mol. The fourth-order valence-corrected chi connectivity index (χ4v) is 1.12. The molecule has 0 amide bonds. The van der Waals surface area contributed by atoms with Gasteiger partial charge in [0.05, 0.1) is 18.6 Å². The molecule has 5 heteroatoms. The van der Waals surface area contributed by atoms with Crippen LogP contribution in [0.1, 0.15) is 6.42 Å². The Labute approximate surface area is 63.5 Å². The Morgan fingerprint density at radius 3 is 2.55 bits per heavy atom. The van der Waals surface area contributed by atoms with Crippen molar-refractivity contribution in [3.05, 3.63) is 10.1 Å². The Balaban J connectivity index is 2.45. The highest BCUT2D eigenvalue weighted by molar-refractivity contribution is 5.51. The number of rotatable bonds is 4. The van der Waals surface area contributed by atoms with Crippen LogP contribution in [0.3, 0.4) is 0 Å². The zero-order valence-electron chi connectivity index (χ0n) is 5.99. The SMILES string of the molecule is O=CCC1(C[N+](=O)[O-])COC1. The summed E-state index contributed by atoms with van der Waals surface area (Å²) in [6.45, 7) is 0.519. The minimum Gasteiger partial charge on any atom is -0.380 e. The molecule has 1 aliphatic heterocycles. The zero-order valence-corrected chi connectivity index (χ0v) is 5.99. The summed E-state index contributed by atoms with van der Waals surface area (Å²) in [6.07, 6.45) is 0.944.